The van der Waals surface area contributed by atoms with Gasteiger partial charge in [0.1, 0.15) is 5.65 Å². The minimum atomic E-state index is -0.372. The Bertz CT molecular complexity index is 538. The molecule has 2 aromatic heterocycles. The highest BCUT2D eigenvalue weighted by Crippen LogP contribution is 2.09. The molecule has 0 radical (unpaired) electrons. The van der Waals surface area contributed by atoms with E-state index in [1.165, 1.54) is 0 Å². The zero-order valence-electron chi connectivity index (χ0n) is 8.06. The molecule has 2 N–H and O–H groups in total. The van der Waals surface area contributed by atoms with E-state index in [1.54, 1.807) is 17.9 Å². The van der Waals surface area contributed by atoms with Crippen molar-refractivity contribution in [3.63, 3.8) is 0 Å². The molecule has 0 aliphatic carbocycles. The van der Waals surface area contributed by atoms with Gasteiger partial charge in [-0.05, 0) is 6.92 Å². The number of hydrogen-bond donors (Lipinski definition) is 1. The molecule has 2 aromatic rings. The lowest BCUT2D eigenvalue weighted by atomic mass is 10.5. The molecule has 6 heteroatoms. The van der Waals surface area contributed by atoms with Gasteiger partial charge < -0.3 is 10.3 Å². The summed E-state index contributed by atoms with van der Waals surface area (Å²) in [5.41, 5.74) is 6.29. The molecule has 6 nitrogen and oxygen atoms in total. The molecule has 0 saturated carbocycles. The Balaban J connectivity index is 2.99. The summed E-state index contributed by atoms with van der Waals surface area (Å²) < 4.78 is 3.52. The van der Waals surface area contributed by atoms with Gasteiger partial charge in [0.2, 0.25) is 5.95 Å². The summed E-state index contributed by atoms with van der Waals surface area (Å²) in [6, 6.07) is 0. The Morgan fingerprint density at radius 3 is 2.93 bits per heavy atom. The number of rotatable bonds is 1. The number of imidazole rings is 1. The summed E-state index contributed by atoms with van der Waals surface area (Å²) in [6.45, 7) is 2.72. The number of aryl methyl sites for hydroxylation is 2. The van der Waals surface area contributed by atoms with Crippen LogP contribution in [0.2, 0.25) is 0 Å². The van der Waals surface area contributed by atoms with E-state index >= 15 is 0 Å². The summed E-state index contributed by atoms with van der Waals surface area (Å²) in [4.78, 5) is 19.1. The lowest BCUT2D eigenvalue weighted by Gasteiger charge is -2.06. The highest BCUT2D eigenvalue weighted by atomic mass is 16.1. The second-order valence-corrected chi connectivity index (χ2v) is 3.04. The van der Waals surface area contributed by atoms with E-state index < -0.39 is 0 Å². The average molecular weight is 193 g/mol. The van der Waals surface area contributed by atoms with Gasteiger partial charge in [0.25, 0.3) is 0 Å². The Morgan fingerprint density at radius 2 is 2.29 bits per heavy atom. The van der Waals surface area contributed by atoms with Gasteiger partial charge in [-0.25, -0.2) is 4.98 Å². The second kappa shape index (κ2) is 2.83. The van der Waals surface area contributed by atoms with E-state index in [1.807, 2.05) is 11.5 Å². The topological polar surface area (TPSA) is 78.7 Å². The number of nitrogens with two attached hydrogens (primary N) is 1. The van der Waals surface area contributed by atoms with E-state index in [9.17, 15) is 4.79 Å². The zero-order valence-corrected chi connectivity index (χ0v) is 8.06. The number of fused-ring (bicyclic) bond motifs is 1. The van der Waals surface area contributed by atoms with Crippen LogP contribution in [0.1, 0.15) is 6.92 Å². The van der Waals surface area contributed by atoms with Gasteiger partial charge in [-0.3, -0.25) is 9.36 Å². The van der Waals surface area contributed by atoms with Crippen LogP contribution in [-0.2, 0) is 13.6 Å². The van der Waals surface area contributed by atoms with E-state index in [0.29, 0.717) is 11.2 Å². The maximum absolute atomic E-state index is 11.4. The van der Waals surface area contributed by atoms with Crippen molar-refractivity contribution >= 4 is 17.1 Å². The molecular formula is C8H11N5O. The number of hydrogen-bond acceptors (Lipinski definition) is 4. The van der Waals surface area contributed by atoms with Gasteiger partial charge in [0.05, 0.1) is 6.33 Å². The Labute approximate surface area is 80.0 Å². The third-order valence-electron chi connectivity index (χ3n) is 2.23. The second-order valence-electron chi connectivity index (χ2n) is 3.04. The zero-order chi connectivity index (χ0) is 10.3. The Kier molecular flexibility index (Phi) is 1.77. The van der Waals surface area contributed by atoms with Crippen LogP contribution in [0.3, 0.4) is 0 Å². The van der Waals surface area contributed by atoms with E-state index in [4.69, 9.17) is 5.73 Å². The van der Waals surface area contributed by atoms with Crippen molar-refractivity contribution in [2.24, 2.45) is 7.05 Å². The quantitative estimate of drug-likeness (QED) is 0.676. The molecule has 0 aliphatic rings. The maximum atomic E-state index is 11.4. The molecule has 0 fully saturated rings. The molecule has 2 heterocycles. The molecule has 0 saturated heterocycles. The van der Waals surface area contributed by atoms with Crippen LogP contribution in [0.4, 0.5) is 5.95 Å². The average Bonchev–Trinajstić information content (AvgIpc) is 2.58. The first-order valence-corrected chi connectivity index (χ1v) is 4.32. The van der Waals surface area contributed by atoms with Crippen LogP contribution < -0.4 is 11.3 Å². The van der Waals surface area contributed by atoms with Crippen LogP contribution in [0, 0.1) is 0 Å². The van der Waals surface area contributed by atoms with Crippen molar-refractivity contribution in [1.82, 2.24) is 19.1 Å². The first-order chi connectivity index (χ1) is 6.65. The van der Waals surface area contributed by atoms with Crippen molar-refractivity contribution < 1.29 is 0 Å². The molecular weight excluding hydrogens is 182 g/mol. The largest absolute Gasteiger partial charge is 0.369 e. The highest BCUT2D eigenvalue weighted by molar-refractivity contribution is 5.71. The van der Waals surface area contributed by atoms with E-state index in [2.05, 4.69) is 9.97 Å². The first kappa shape index (κ1) is 8.74. The fourth-order valence-corrected chi connectivity index (χ4v) is 1.45. The fourth-order valence-electron chi connectivity index (χ4n) is 1.45. The predicted octanol–water partition coefficient (Wildman–Crippen LogP) is -0.268. The molecule has 0 bridgehead atoms. The number of nitrogen functional groups attached to an aromatic ring is 1. The van der Waals surface area contributed by atoms with Crippen LogP contribution in [0.25, 0.3) is 11.2 Å². The monoisotopic (exact) mass is 193 g/mol. The molecule has 0 aliphatic heterocycles. The van der Waals surface area contributed by atoms with Gasteiger partial charge in [-0.1, -0.05) is 0 Å². The van der Waals surface area contributed by atoms with E-state index in [0.717, 1.165) is 6.54 Å². The smallest absolute Gasteiger partial charge is 0.302 e. The Hall–Kier alpha value is -1.85. The van der Waals surface area contributed by atoms with Gasteiger partial charge >= 0.3 is 5.56 Å². The lowest BCUT2D eigenvalue weighted by Crippen LogP contribution is -2.17. The van der Waals surface area contributed by atoms with Crippen LogP contribution in [0.15, 0.2) is 11.1 Å². The van der Waals surface area contributed by atoms with Gasteiger partial charge in [0, 0.05) is 13.6 Å². The molecule has 0 unspecified atom stereocenters. The normalized spacial score (nSPS) is 11.0. The summed E-state index contributed by atoms with van der Waals surface area (Å²) in [5.74, 6) is 0.206. The van der Waals surface area contributed by atoms with E-state index in [-0.39, 0.29) is 11.5 Å². The lowest BCUT2D eigenvalue weighted by molar-refractivity contribution is 0.750. The highest BCUT2D eigenvalue weighted by Gasteiger charge is 2.10. The van der Waals surface area contributed by atoms with Crippen LogP contribution in [-0.4, -0.2) is 19.1 Å². The molecule has 0 amide bonds. The number of anilines is 1. The van der Waals surface area contributed by atoms with Gasteiger partial charge in [0.15, 0.2) is 5.52 Å². The van der Waals surface area contributed by atoms with Gasteiger partial charge in [-0.2, -0.15) is 4.98 Å². The molecule has 0 spiro atoms. The predicted molar refractivity (Wildman–Crippen MR) is 52.9 cm³/mol. The van der Waals surface area contributed by atoms with Gasteiger partial charge in [-0.15, -0.1) is 0 Å². The number of nitrogens with zero attached hydrogens (tertiary/aromatic N) is 4. The fraction of sp³-hybridized carbons (Fsp3) is 0.375. The Morgan fingerprint density at radius 1 is 1.57 bits per heavy atom. The standard InChI is InChI=1S/C8H11N5O/c1-3-13-4-10-5-6(14)11-8(9)12(2)7(5)13/h4H,3H2,1-2H3,(H2,9,11,14). The van der Waals surface area contributed by atoms with Crippen LogP contribution in [0.5, 0.6) is 0 Å². The maximum Gasteiger partial charge on any atom is 0.302 e. The van der Waals surface area contributed by atoms with Crippen molar-refractivity contribution in [1.29, 1.82) is 0 Å². The first-order valence-electron chi connectivity index (χ1n) is 4.32. The van der Waals surface area contributed by atoms with Crippen molar-refractivity contribution in [3.8, 4) is 0 Å². The summed E-state index contributed by atoms with van der Waals surface area (Å²) in [7, 11) is 1.76. The van der Waals surface area contributed by atoms with Crippen molar-refractivity contribution in [2.75, 3.05) is 5.73 Å². The third-order valence-corrected chi connectivity index (χ3v) is 2.23. The molecule has 74 valence electrons. The van der Waals surface area contributed by atoms with Crippen LogP contribution >= 0.6 is 0 Å². The number of aromatic nitrogens is 4. The summed E-state index contributed by atoms with van der Waals surface area (Å²) >= 11 is 0. The van der Waals surface area contributed by atoms with Crippen molar-refractivity contribution in [3.05, 3.63) is 16.7 Å². The SMILES string of the molecule is CCn1cnc2c(=O)nc(N)n(C)c21. The molecule has 14 heavy (non-hydrogen) atoms. The van der Waals surface area contributed by atoms with Crippen molar-refractivity contribution in [2.45, 2.75) is 13.5 Å². The molecule has 0 aromatic carbocycles. The minimum Gasteiger partial charge on any atom is -0.369 e. The molecule has 0 atom stereocenters. The summed E-state index contributed by atoms with van der Waals surface area (Å²) in [6.07, 6.45) is 1.62. The molecule has 2 rings (SSSR count). The summed E-state index contributed by atoms with van der Waals surface area (Å²) in [5, 5.41) is 0. The third kappa shape index (κ3) is 1.00. The minimum absolute atomic E-state index is 0.206.